The van der Waals surface area contributed by atoms with E-state index in [1.165, 1.54) is 43.5 Å². The highest BCUT2D eigenvalue weighted by Gasteiger charge is 2.16. The Morgan fingerprint density at radius 3 is 2.41 bits per heavy atom. The van der Waals surface area contributed by atoms with Crippen LogP contribution in [0.2, 0.25) is 0 Å². The summed E-state index contributed by atoms with van der Waals surface area (Å²) in [6.07, 6.45) is 2.76. The van der Waals surface area contributed by atoms with Gasteiger partial charge in [-0.05, 0) is 37.3 Å². The molecule has 1 aromatic carbocycles. The molecule has 0 aliphatic heterocycles. The Hall–Kier alpha value is -3.22. The average molecular weight is 300 g/mol. The fourth-order valence-corrected chi connectivity index (χ4v) is 1.71. The quantitative estimate of drug-likeness (QED) is 0.301. The van der Waals surface area contributed by atoms with Crippen LogP contribution in [-0.2, 0) is 9.59 Å². The highest BCUT2D eigenvalue weighted by molar-refractivity contribution is 6.25. The van der Waals surface area contributed by atoms with Crippen LogP contribution in [0.4, 0.5) is 11.4 Å². The highest BCUT2D eigenvalue weighted by Crippen LogP contribution is 2.17. The van der Waals surface area contributed by atoms with Crippen LogP contribution in [0.5, 0.6) is 0 Å². The smallest absolute Gasteiger partial charge is 0.269 e. The Bertz CT molecular complexity index is 730. The predicted octanol–water partition coefficient (Wildman–Crippen LogP) is 2.80. The Morgan fingerprint density at radius 1 is 1.23 bits per heavy atom. The Kier molecular flexibility index (Phi) is 4.47. The summed E-state index contributed by atoms with van der Waals surface area (Å²) in [5.74, 6) is -0.655. The number of amides is 1. The van der Waals surface area contributed by atoms with Gasteiger partial charge in [-0.15, -0.1) is 0 Å². The second kappa shape index (κ2) is 6.49. The molecule has 0 fully saturated rings. The second-order valence-corrected chi connectivity index (χ2v) is 4.39. The molecular formula is C15H12N2O5. The van der Waals surface area contributed by atoms with Gasteiger partial charge in [0.15, 0.2) is 5.78 Å². The summed E-state index contributed by atoms with van der Waals surface area (Å²) >= 11 is 0. The number of non-ortho nitro benzene ring substituents is 1. The summed E-state index contributed by atoms with van der Waals surface area (Å²) in [7, 11) is 0. The fraction of sp³-hybridized carbons (Fsp3) is 0.0667. The third kappa shape index (κ3) is 3.66. The van der Waals surface area contributed by atoms with E-state index in [4.69, 9.17) is 4.42 Å². The summed E-state index contributed by atoms with van der Waals surface area (Å²) < 4.78 is 5.07. The average Bonchev–Trinajstić information content (AvgIpc) is 2.98. The number of carbonyl (C=O) groups is 2. The first-order valence-electron chi connectivity index (χ1n) is 6.29. The Labute approximate surface area is 125 Å². The summed E-state index contributed by atoms with van der Waals surface area (Å²) in [6.45, 7) is 1.27. The molecule has 1 aromatic heterocycles. The lowest BCUT2D eigenvalue weighted by Gasteiger charge is -2.06. The molecule has 0 saturated heterocycles. The number of nitrogens with zero attached hydrogens (tertiary/aromatic N) is 1. The number of ketones is 1. The zero-order valence-electron chi connectivity index (χ0n) is 11.6. The monoisotopic (exact) mass is 300 g/mol. The van der Waals surface area contributed by atoms with Crippen LogP contribution in [0, 0.1) is 10.1 Å². The number of carbonyl (C=O) groups excluding carboxylic acids is 2. The third-order valence-corrected chi connectivity index (χ3v) is 2.79. The van der Waals surface area contributed by atoms with Gasteiger partial charge >= 0.3 is 0 Å². The molecule has 0 saturated carbocycles. The number of anilines is 1. The van der Waals surface area contributed by atoms with E-state index in [-0.39, 0.29) is 11.3 Å². The molecule has 0 spiro atoms. The van der Waals surface area contributed by atoms with Crippen LogP contribution in [0.3, 0.4) is 0 Å². The number of rotatable bonds is 5. The second-order valence-electron chi connectivity index (χ2n) is 4.39. The lowest BCUT2D eigenvalue weighted by atomic mass is 10.1. The van der Waals surface area contributed by atoms with Crippen LogP contribution in [0.25, 0.3) is 6.08 Å². The van der Waals surface area contributed by atoms with E-state index in [1.807, 2.05) is 0 Å². The Balaban J connectivity index is 2.18. The molecule has 0 aliphatic rings. The third-order valence-electron chi connectivity index (χ3n) is 2.79. The van der Waals surface area contributed by atoms with Crippen molar-refractivity contribution in [3.63, 3.8) is 0 Å². The van der Waals surface area contributed by atoms with Gasteiger partial charge in [0.1, 0.15) is 5.76 Å². The SMILES string of the molecule is CC(=O)/C(=C\c1ccco1)C(=O)Nc1ccc([N+](=O)[O-])cc1. The molecule has 1 amide bonds. The van der Waals surface area contributed by atoms with Gasteiger partial charge in [0.2, 0.25) is 0 Å². The molecular weight excluding hydrogens is 288 g/mol. The lowest BCUT2D eigenvalue weighted by molar-refractivity contribution is -0.384. The molecule has 7 heteroatoms. The Morgan fingerprint density at radius 2 is 1.91 bits per heavy atom. The van der Waals surface area contributed by atoms with Gasteiger partial charge in [0.25, 0.3) is 11.6 Å². The minimum Gasteiger partial charge on any atom is -0.465 e. The van der Waals surface area contributed by atoms with Crippen molar-refractivity contribution in [3.05, 3.63) is 64.1 Å². The molecule has 1 N–H and O–H groups in total. The normalized spacial score (nSPS) is 11.0. The topological polar surface area (TPSA) is 102 Å². The number of hydrogen-bond acceptors (Lipinski definition) is 5. The number of benzene rings is 1. The molecule has 1 heterocycles. The van der Waals surface area contributed by atoms with Crippen molar-refractivity contribution in [1.82, 2.24) is 0 Å². The van der Waals surface area contributed by atoms with Crippen molar-refractivity contribution < 1.29 is 18.9 Å². The molecule has 2 rings (SSSR count). The van der Waals surface area contributed by atoms with Gasteiger partial charge in [-0.25, -0.2) is 0 Å². The minimum atomic E-state index is -0.613. The molecule has 7 nitrogen and oxygen atoms in total. The maximum Gasteiger partial charge on any atom is 0.269 e. The van der Waals surface area contributed by atoms with Gasteiger partial charge in [-0.2, -0.15) is 0 Å². The van der Waals surface area contributed by atoms with E-state index in [0.29, 0.717) is 11.4 Å². The van der Waals surface area contributed by atoms with Crippen LogP contribution < -0.4 is 5.32 Å². The zero-order chi connectivity index (χ0) is 16.1. The lowest BCUT2D eigenvalue weighted by Crippen LogP contribution is -2.18. The van der Waals surface area contributed by atoms with Gasteiger partial charge in [-0.3, -0.25) is 19.7 Å². The van der Waals surface area contributed by atoms with Gasteiger partial charge in [0, 0.05) is 17.8 Å². The van der Waals surface area contributed by atoms with E-state index in [9.17, 15) is 19.7 Å². The van der Waals surface area contributed by atoms with E-state index >= 15 is 0 Å². The summed E-state index contributed by atoms with van der Waals surface area (Å²) in [4.78, 5) is 33.7. The minimum absolute atomic E-state index is 0.0756. The standard InChI is InChI=1S/C15H12N2O5/c1-10(18)14(9-13-3-2-8-22-13)15(19)16-11-4-6-12(7-5-11)17(20)21/h2-9H,1H3,(H,16,19)/b14-9+. The van der Waals surface area contributed by atoms with E-state index < -0.39 is 16.6 Å². The van der Waals surface area contributed by atoms with Gasteiger partial charge < -0.3 is 9.73 Å². The molecule has 0 unspecified atom stereocenters. The molecule has 2 aromatic rings. The predicted molar refractivity (Wildman–Crippen MR) is 79.1 cm³/mol. The van der Waals surface area contributed by atoms with Crippen LogP contribution in [0.1, 0.15) is 12.7 Å². The highest BCUT2D eigenvalue weighted by atomic mass is 16.6. The van der Waals surface area contributed by atoms with Crippen molar-refractivity contribution in [2.24, 2.45) is 0 Å². The summed E-state index contributed by atoms with van der Waals surface area (Å²) in [5.41, 5.74) is 0.186. The van der Waals surface area contributed by atoms with Crippen LogP contribution in [-0.4, -0.2) is 16.6 Å². The number of furan rings is 1. The molecule has 22 heavy (non-hydrogen) atoms. The van der Waals surface area contributed by atoms with Crippen LogP contribution in [0.15, 0.2) is 52.7 Å². The van der Waals surface area contributed by atoms with E-state index in [1.54, 1.807) is 12.1 Å². The molecule has 0 radical (unpaired) electrons. The number of nitro benzene ring substituents is 1. The van der Waals surface area contributed by atoms with Crippen molar-refractivity contribution in [3.8, 4) is 0 Å². The molecule has 112 valence electrons. The van der Waals surface area contributed by atoms with E-state index in [0.717, 1.165) is 0 Å². The zero-order valence-corrected chi connectivity index (χ0v) is 11.6. The number of hydrogen-bond donors (Lipinski definition) is 1. The maximum atomic E-state index is 12.1. The van der Waals surface area contributed by atoms with Gasteiger partial charge in [0.05, 0.1) is 16.8 Å². The first-order valence-corrected chi connectivity index (χ1v) is 6.29. The largest absolute Gasteiger partial charge is 0.465 e. The fourth-order valence-electron chi connectivity index (χ4n) is 1.71. The summed E-state index contributed by atoms with van der Waals surface area (Å²) in [6, 6.07) is 8.56. The molecule has 0 aliphatic carbocycles. The molecule has 0 atom stereocenters. The van der Waals surface area contributed by atoms with Crippen molar-refractivity contribution in [1.29, 1.82) is 0 Å². The first kappa shape index (κ1) is 15.2. The van der Waals surface area contributed by atoms with Crippen molar-refractivity contribution in [2.45, 2.75) is 6.92 Å². The summed E-state index contributed by atoms with van der Waals surface area (Å²) in [5, 5.41) is 13.1. The number of Topliss-reactive ketones (excluding diaryl/α,β-unsaturated/α-hetero) is 1. The van der Waals surface area contributed by atoms with Crippen LogP contribution >= 0.6 is 0 Å². The molecule has 0 bridgehead atoms. The number of nitrogens with one attached hydrogen (secondary N) is 1. The maximum absolute atomic E-state index is 12.1. The van der Waals surface area contributed by atoms with Gasteiger partial charge in [-0.1, -0.05) is 0 Å². The number of nitro groups is 1. The van der Waals surface area contributed by atoms with Crippen molar-refractivity contribution in [2.75, 3.05) is 5.32 Å². The van der Waals surface area contributed by atoms with E-state index in [2.05, 4.69) is 5.32 Å². The first-order chi connectivity index (χ1) is 10.5. The van der Waals surface area contributed by atoms with Crippen molar-refractivity contribution >= 4 is 29.1 Å².